The van der Waals surface area contributed by atoms with E-state index in [4.69, 9.17) is 4.42 Å². The Kier molecular flexibility index (Phi) is 7.10. The first-order chi connectivity index (χ1) is 17.3. The molecule has 3 N–H and O–H groups in total. The van der Waals surface area contributed by atoms with E-state index in [0.29, 0.717) is 12.2 Å². The minimum atomic E-state index is -0.551. The number of nitrogens with one attached hydrogen (secondary N) is 2. The van der Waals surface area contributed by atoms with Gasteiger partial charge in [0.15, 0.2) is 5.75 Å². The predicted octanol–water partition coefficient (Wildman–Crippen LogP) is 3.62. The molecule has 0 spiro atoms. The van der Waals surface area contributed by atoms with E-state index in [2.05, 4.69) is 10.6 Å². The maximum absolute atomic E-state index is 13.5. The number of nitrogens with zero attached hydrogens (tertiary/aromatic N) is 2. The number of hydrogen-bond donors (Lipinski definition) is 3. The molecule has 0 saturated carbocycles. The highest BCUT2D eigenvalue weighted by atomic mass is 16.3. The molecule has 1 aromatic heterocycles. The molecular weight excluding hydrogens is 460 g/mol. The normalized spacial score (nSPS) is 14.2. The number of anilines is 1. The summed E-state index contributed by atoms with van der Waals surface area (Å²) in [5, 5.41) is 16.9. The summed E-state index contributed by atoms with van der Waals surface area (Å²) >= 11 is 0. The Morgan fingerprint density at radius 3 is 2.36 bits per heavy atom. The minimum absolute atomic E-state index is 0.0225. The Morgan fingerprint density at radius 1 is 1.00 bits per heavy atom. The molecule has 36 heavy (non-hydrogen) atoms. The molecule has 0 saturated heterocycles. The van der Waals surface area contributed by atoms with Crippen LogP contribution < -0.4 is 10.6 Å². The second kappa shape index (κ2) is 10.4. The molecular formula is C27H28N4O5. The molecule has 1 aliphatic heterocycles. The fraction of sp³-hybridized carbons (Fsp3) is 0.222. The van der Waals surface area contributed by atoms with Crippen molar-refractivity contribution in [3.05, 3.63) is 95.2 Å². The Hall–Kier alpha value is -4.53. The van der Waals surface area contributed by atoms with Crippen LogP contribution >= 0.6 is 0 Å². The molecule has 0 radical (unpaired) electrons. The van der Waals surface area contributed by atoms with Gasteiger partial charge in [0.25, 0.3) is 17.7 Å². The summed E-state index contributed by atoms with van der Waals surface area (Å²) in [6.45, 7) is 2.01. The van der Waals surface area contributed by atoms with Crippen LogP contribution in [0.5, 0.6) is 5.75 Å². The Bertz CT molecular complexity index is 1300. The van der Waals surface area contributed by atoms with E-state index in [-0.39, 0.29) is 41.0 Å². The van der Waals surface area contributed by atoms with Crippen LogP contribution in [0.25, 0.3) is 0 Å². The lowest BCUT2D eigenvalue weighted by atomic mass is 10.1. The zero-order chi connectivity index (χ0) is 25.8. The van der Waals surface area contributed by atoms with Crippen molar-refractivity contribution in [3.63, 3.8) is 0 Å². The third-order valence-corrected chi connectivity index (χ3v) is 5.90. The van der Waals surface area contributed by atoms with Gasteiger partial charge in [-0.3, -0.25) is 19.3 Å². The lowest BCUT2D eigenvalue weighted by molar-refractivity contribution is -0.138. The van der Waals surface area contributed by atoms with E-state index in [1.165, 1.54) is 17.0 Å². The SMILES string of the molecule is CC[C@@H](NC1=C(Nc2cccc(C(=O)N(C)C)c2O)C(=O)N(Cc2ccccc2)C1=O)c1ccco1. The second-order valence-corrected chi connectivity index (χ2v) is 8.58. The molecule has 3 amide bonds. The number of benzene rings is 2. The Morgan fingerprint density at radius 2 is 1.72 bits per heavy atom. The lowest BCUT2D eigenvalue weighted by Crippen LogP contribution is -2.34. The molecule has 0 aliphatic carbocycles. The van der Waals surface area contributed by atoms with Gasteiger partial charge in [-0.15, -0.1) is 0 Å². The predicted molar refractivity (Wildman–Crippen MR) is 134 cm³/mol. The number of furan rings is 1. The third kappa shape index (κ3) is 4.81. The van der Waals surface area contributed by atoms with E-state index >= 15 is 0 Å². The van der Waals surface area contributed by atoms with Crippen molar-refractivity contribution in [1.82, 2.24) is 15.1 Å². The van der Waals surface area contributed by atoms with Crippen molar-refractivity contribution in [3.8, 4) is 5.75 Å². The summed E-state index contributed by atoms with van der Waals surface area (Å²) in [6.07, 6.45) is 2.13. The standard InChI is InChI=1S/C27H28N4O5/c1-4-19(21-14-9-15-36-21)28-22-23(27(35)31(26(22)34)16-17-10-6-5-7-11-17)29-20-13-8-12-18(24(20)32)25(33)30(2)3/h5-15,19,28-29,32H,4,16H2,1-3H3/t19-/m1/s1. The van der Waals surface area contributed by atoms with Gasteiger partial charge in [0, 0.05) is 14.1 Å². The molecule has 186 valence electrons. The molecule has 3 aromatic rings. The number of aromatic hydroxyl groups is 1. The van der Waals surface area contributed by atoms with E-state index in [1.54, 1.807) is 38.6 Å². The molecule has 1 aliphatic rings. The van der Waals surface area contributed by atoms with Crippen LogP contribution in [0.1, 0.15) is 41.1 Å². The molecule has 2 heterocycles. The van der Waals surface area contributed by atoms with Gasteiger partial charge < -0.3 is 25.1 Å². The first-order valence-electron chi connectivity index (χ1n) is 11.6. The van der Waals surface area contributed by atoms with Gasteiger partial charge in [-0.1, -0.05) is 43.3 Å². The molecule has 0 bridgehead atoms. The first kappa shape index (κ1) is 24.6. The number of carbonyl (C=O) groups excluding carboxylic acids is 3. The number of para-hydroxylation sites is 1. The lowest BCUT2D eigenvalue weighted by Gasteiger charge is -2.18. The van der Waals surface area contributed by atoms with Crippen LogP contribution in [0.15, 0.2) is 82.7 Å². The zero-order valence-electron chi connectivity index (χ0n) is 20.3. The van der Waals surface area contributed by atoms with Gasteiger partial charge in [0.05, 0.1) is 30.1 Å². The minimum Gasteiger partial charge on any atom is -0.505 e. The van der Waals surface area contributed by atoms with Gasteiger partial charge in [-0.25, -0.2) is 0 Å². The average Bonchev–Trinajstić information content (AvgIpc) is 3.48. The van der Waals surface area contributed by atoms with Crippen molar-refractivity contribution in [1.29, 1.82) is 0 Å². The van der Waals surface area contributed by atoms with Crippen LogP contribution in [0, 0.1) is 0 Å². The number of phenolic OH excluding ortho intramolecular Hbond substituents is 1. The Labute approximate surface area is 209 Å². The van der Waals surface area contributed by atoms with E-state index in [0.717, 1.165) is 10.5 Å². The highest BCUT2D eigenvalue weighted by molar-refractivity contribution is 6.20. The fourth-order valence-electron chi connectivity index (χ4n) is 3.97. The van der Waals surface area contributed by atoms with Crippen LogP contribution in [0.4, 0.5) is 5.69 Å². The van der Waals surface area contributed by atoms with Crippen LogP contribution in [-0.2, 0) is 16.1 Å². The summed E-state index contributed by atoms with van der Waals surface area (Å²) in [5.41, 5.74) is 1.03. The number of carbonyl (C=O) groups is 3. The number of rotatable bonds is 9. The fourth-order valence-corrected chi connectivity index (χ4v) is 3.97. The smallest absolute Gasteiger partial charge is 0.279 e. The molecule has 1 atom stereocenters. The van der Waals surface area contributed by atoms with Crippen molar-refractivity contribution in [2.75, 3.05) is 19.4 Å². The maximum atomic E-state index is 13.5. The first-order valence-corrected chi connectivity index (χ1v) is 11.6. The number of imide groups is 1. The zero-order valence-corrected chi connectivity index (χ0v) is 20.3. The van der Waals surface area contributed by atoms with Crippen molar-refractivity contribution in [2.45, 2.75) is 25.9 Å². The van der Waals surface area contributed by atoms with Gasteiger partial charge in [-0.2, -0.15) is 0 Å². The topological polar surface area (TPSA) is 115 Å². The molecule has 0 fully saturated rings. The third-order valence-electron chi connectivity index (χ3n) is 5.90. The average molecular weight is 489 g/mol. The van der Waals surface area contributed by atoms with Gasteiger partial charge >= 0.3 is 0 Å². The highest BCUT2D eigenvalue weighted by Gasteiger charge is 2.40. The van der Waals surface area contributed by atoms with Crippen LogP contribution in [0.3, 0.4) is 0 Å². The van der Waals surface area contributed by atoms with Gasteiger partial charge in [-0.05, 0) is 36.2 Å². The van der Waals surface area contributed by atoms with Crippen LogP contribution in [0.2, 0.25) is 0 Å². The molecule has 0 unspecified atom stereocenters. The van der Waals surface area contributed by atoms with Crippen molar-refractivity contribution < 1.29 is 23.9 Å². The number of phenols is 1. The number of hydrogen-bond acceptors (Lipinski definition) is 7. The molecule has 2 aromatic carbocycles. The summed E-state index contributed by atoms with van der Waals surface area (Å²) in [5.74, 6) is -1.15. The Balaban J connectivity index is 1.72. The molecule has 9 nitrogen and oxygen atoms in total. The van der Waals surface area contributed by atoms with Gasteiger partial charge in [0.1, 0.15) is 17.2 Å². The van der Waals surface area contributed by atoms with E-state index < -0.39 is 17.7 Å². The summed E-state index contributed by atoms with van der Waals surface area (Å²) in [6, 6.07) is 17.0. The van der Waals surface area contributed by atoms with Gasteiger partial charge in [0.2, 0.25) is 0 Å². The largest absolute Gasteiger partial charge is 0.505 e. The highest BCUT2D eigenvalue weighted by Crippen LogP contribution is 2.33. The van der Waals surface area contributed by atoms with Crippen molar-refractivity contribution in [2.24, 2.45) is 0 Å². The van der Waals surface area contributed by atoms with E-state index in [9.17, 15) is 19.5 Å². The van der Waals surface area contributed by atoms with Crippen molar-refractivity contribution >= 4 is 23.4 Å². The second-order valence-electron chi connectivity index (χ2n) is 8.58. The quantitative estimate of drug-likeness (QED) is 0.311. The summed E-state index contributed by atoms with van der Waals surface area (Å²) in [7, 11) is 3.15. The molecule has 9 heteroatoms. The number of amides is 3. The maximum Gasteiger partial charge on any atom is 0.279 e. The van der Waals surface area contributed by atoms with E-state index in [1.807, 2.05) is 37.3 Å². The molecule has 4 rings (SSSR count). The monoisotopic (exact) mass is 488 g/mol. The summed E-state index contributed by atoms with van der Waals surface area (Å²) in [4.78, 5) is 41.9. The van der Waals surface area contributed by atoms with Crippen LogP contribution in [-0.4, -0.2) is 46.7 Å². The summed E-state index contributed by atoms with van der Waals surface area (Å²) < 4.78 is 5.52.